The van der Waals surface area contributed by atoms with Gasteiger partial charge in [0.05, 0.1) is 30.0 Å². The molecule has 2 aromatic rings. The van der Waals surface area contributed by atoms with Crippen LogP contribution in [-0.4, -0.2) is 69.8 Å². The number of ether oxygens (including phenoxy) is 2. The van der Waals surface area contributed by atoms with E-state index in [1.807, 2.05) is 6.08 Å². The Morgan fingerprint density at radius 2 is 1.98 bits per heavy atom. The van der Waals surface area contributed by atoms with Gasteiger partial charge in [-0.1, -0.05) is 13.0 Å². The molecule has 0 spiro atoms. The Morgan fingerprint density at radius 3 is 2.62 bits per heavy atom. The summed E-state index contributed by atoms with van der Waals surface area (Å²) in [6.45, 7) is 9.00. The summed E-state index contributed by atoms with van der Waals surface area (Å²) in [6, 6.07) is -0.317. The third-order valence-corrected chi connectivity index (χ3v) is 7.81. The van der Waals surface area contributed by atoms with Gasteiger partial charge in [0.1, 0.15) is 6.10 Å². The minimum atomic E-state index is -4.29. The van der Waals surface area contributed by atoms with Crippen molar-refractivity contribution in [2.75, 3.05) is 18.5 Å². The predicted molar refractivity (Wildman–Crippen MR) is 149 cm³/mol. The van der Waals surface area contributed by atoms with Crippen molar-refractivity contribution in [3.8, 4) is 5.88 Å². The van der Waals surface area contributed by atoms with E-state index in [-0.39, 0.29) is 30.1 Å². The second-order valence-corrected chi connectivity index (χ2v) is 11.2. The van der Waals surface area contributed by atoms with Gasteiger partial charge >= 0.3 is 6.18 Å². The van der Waals surface area contributed by atoms with Crippen LogP contribution in [0.25, 0.3) is 10.9 Å². The van der Waals surface area contributed by atoms with Crippen molar-refractivity contribution < 1.29 is 27.8 Å². The van der Waals surface area contributed by atoms with E-state index in [9.17, 15) is 18.3 Å². The lowest BCUT2D eigenvalue weighted by atomic mass is 9.83. The number of aliphatic hydroxyl groups is 1. The molecule has 3 heterocycles. The molecular weight excluding hydrogens is 523 g/mol. The van der Waals surface area contributed by atoms with Gasteiger partial charge in [0, 0.05) is 49.1 Å². The minimum Gasteiger partial charge on any atom is -0.473 e. The summed E-state index contributed by atoms with van der Waals surface area (Å²) in [5.74, 6) is 0.666. The zero-order valence-electron chi connectivity index (χ0n) is 23.4. The zero-order valence-corrected chi connectivity index (χ0v) is 23.4. The van der Waals surface area contributed by atoms with Gasteiger partial charge in [-0.2, -0.15) is 13.2 Å². The van der Waals surface area contributed by atoms with Crippen molar-refractivity contribution in [2.24, 2.45) is 0 Å². The zero-order chi connectivity index (χ0) is 28.7. The minimum absolute atomic E-state index is 0.133. The maximum atomic E-state index is 12.9. The standard InChI is InChI=1S/C29H42F3N5O3/c1-4-6-23(13-20(5-2)36-21-11-12-39-17-21)40-27-25-16-34-28(35-18(3)14-29(30,31)32)37-26(25)24(15-33-27)19-7-9-22(38)10-8-19/h4,15-16,18-23,36,38H,1,5-14,17H2,2-3H3,(H,34,35,37)/t18-,19-,20+,21-,22-,23-/m0/s1. The number of pyridine rings is 1. The number of aromatic nitrogens is 3. The Kier molecular flexibility index (Phi) is 10.6. The molecule has 1 aliphatic heterocycles. The van der Waals surface area contributed by atoms with Crippen molar-refractivity contribution in [1.29, 1.82) is 0 Å². The smallest absolute Gasteiger partial charge is 0.391 e. The normalized spacial score (nSPS) is 24.0. The molecule has 2 aromatic heterocycles. The van der Waals surface area contributed by atoms with E-state index < -0.39 is 18.6 Å². The first-order valence-electron chi connectivity index (χ1n) is 14.4. The van der Waals surface area contributed by atoms with Gasteiger partial charge in [-0.05, 0) is 57.8 Å². The highest BCUT2D eigenvalue weighted by molar-refractivity contribution is 5.86. The molecule has 1 aliphatic carbocycles. The van der Waals surface area contributed by atoms with Crippen LogP contribution in [0.3, 0.4) is 0 Å². The molecule has 2 fully saturated rings. The van der Waals surface area contributed by atoms with Crippen LogP contribution in [0.5, 0.6) is 5.88 Å². The molecule has 8 nitrogen and oxygen atoms in total. The maximum absolute atomic E-state index is 12.9. The molecule has 0 radical (unpaired) electrons. The largest absolute Gasteiger partial charge is 0.473 e. The van der Waals surface area contributed by atoms with Crippen LogP contribution in [0.2, 0.25) is 0 Å². The molecule has 40 heavy (non-hydrogen) atoms. The van der Waals surface area contributed by atoms with Crippen LogP contribution in [0.4, 0.5) is 19.1 Å². The van der Waals surface area contributed by atoms with Crippen LogP contribution in [-0.2, 0) is 4.74 Å². The van der Waals surface area contributed by atoms with Crippen molar-refractivity contribution in [1.82, 2.24) is 20.3 Å². The van der Waals surface area contributed by atoms with Gasteiger partial charge in [-0.3, -0.25) is 0 Å². The average Bonchev–Trinajstić information content (AvgIpc) is 3.41. The second-order valence-electron chi connectivity index (χ2n) is 11.2. The third-order valence-electron chi connectivity index (χ3n) is 7.81. The van der Waals surface area contributed by atoms with Gasteiger partial charge in [-0.15, -0.1) is 6.58 Å². The second kappa shape index (κ2) is 13.9. The molecule has 2 aliphatic rings. The van der Waals surface area contributed by atoms with Crippen LogP contribution >= 0.6 is 0 Å². The Bertz CT molecular complexity index is 1100. The van der Waals surface area contributed by atoms with Crippen LogP contribution in [0, 0.1) is 0 Å². The Morgan fingerprint density at radius 1 is 1.20 bits per heavy atom. The number of aliphatic hydroxyl groups excluding tert-OH is 1. The summed E-state index contributed by atoms with van der Waals surface area (Å²) < 4.78 is 50.8. The molecule has 0 bridgehead atoms. The maximum Gasteiger partial charge on any atom is 0.391 e. The first kappa shape index (κ1) is 30.5. The molecule has 0 unspecified atom stereocenters. The van der Waals surface area contributed by atoms with Crippen LogP contribution < -0.4 is 15.4 Å². The van der Waals surface area contributed by atoms with E-state index in [2.05, 4.69) is 39.1 Å². The predicted octanol–water partition coefficient (Wildman–Crippen LogP) is 5.67. The molecule has 4 atom stereocenters. The SMILES string of the molecule is C=CC[C@@H](C[C@@H](CC)N[C@H]1CCOC1)Oc1ncc([C@H]2CC[C@H](O)CC2)c2nc(N[C@@H](C)CC(F)(F)F)ncc12. The van der Waals surface area contributed by atoms with E-state index >= 15 is 0 Å². The Balaban J connectivity index is 1.60. The summed E-state index contributed by atoms with van der Waals surface area (Å²) in [5.41, 5.74) is 1.52. The molecule has 0 aromatic carbocycles. The fourth-order valence-electron chi connectivity index (χ4n) is 5.69. The molecule has 222 valence electrons. The Labute approximate surface area is 234 Å². The number of fused-ring (bicyclic) bond motifs is 1. The quantitative estimate of drug-likeness (QED) is 0.267. The van der Waals surface area contributed by atoms with Gasteiger partial charge in [0.25, 0.3) is 0 Å². The molecule has 0 amide bonds. The monoisotopic (exact) mass is 565 g/mol. The molecular formula is C29H42F3N5O3. The summed E-state index contributed by atoms with van der Waals surface area (Å²) in [6.07, 6.45) is 5.63. The number of hydrogen-bond donors (Lipinski definition) is 3. The lowest BCUT2D eigenvalue weighted by molar-refractivity contribution is -0.136. The van der Waals surface area contributed by atoms with Gasteiger partial charge in [-0.25, -0.2) is 15.0 Å². The van der Waals surface area contributed by atoms with Crippen molar-refractivity contribution >= 4 is 16.9 Å². The van der Waals surface area contributed by atoms with Crippen molar-refractivity contribution in [3.63, 3.8) is 0 Å². The highest BCUT2D eigenvalue weighted by atomic mass is 19.4. The number of hydrogen-bond acceptors (Lipinski definition) is 8. The third kappa shape index (κ3) is 8.50. The topological polar surface area (TPSA) is 101 Å². The summed E-state index contributed by atoms with van der Waals surface area (Å²) in [7, 11) is 0. The van der Waals surface area contributed by atoms with Gasteiger partial charge in [0.2, 0.25) is 11.8 Å². The molecule has 4 rings (SSSR count). The molecule has 11 heteroatoms. The van der Waals surface area contributed by atoms with Crippen molar-refractivity contribution in [2.45, 2.75) is 114 Å². The first-order chi connectivity index (χ1) is 19.1. The number of nitrogens with zero attached hydrogens (tertiary/aromatic N) is 3. The number of alkyl halides is 3. The highest BCUT2D eigenvalue weighted by Gasteiger charge is 2.31. The number of rotatable bonds is 13. The van der Waals surface area contributed by atoms with E-state index in [0.29, 0.717) is 48.7 Å². The highest BCUT2D eigenvalue weighted by Crippen LogP contribution is 2.38. The summed E-state index contributed by atoms with van der Waals surface area (Å²) >= 11 is 0. The Hall–Kier alpha value is -2.50. The fourth-order valence-corrected chi connectivity index (χ4v) is 5.69. The van der Waals surface area contributed by atoms with Crippen LogP contribution in [0.1, 0.15) is 83.1 Å². The van der Waals surface area contributed by atoms with E-state index in [1.54, 1.807) is 12.4 Å². The van der Waals surface area contributed by atoms with E-state index in [4.69, 9.17) is 9.47 Å². The molecule has 3 N–H and O–H groups in total. The van der Waals surface area contributed by atoms with Gasteiger partial charge in [0.15, 0.2) is 0 Å². The lowest BCUT2D eigenvalue weighted by Crippen LogP contribution is -2.41. The van der Waals surface area contributed by atoms with Gasteiger partial charge < -0.3 is 25.2 Å². The first-order valence-corrected chi connectivity index (χ1v) is 14.4. The molecule has 1 saturated heterocycles. The van der Waals surface area contributed by atoms with Crippen LogP contribution in [0.15, 0.2) is 25.0 Å². The fraction of sp³-hybridized carbons (Fsp3) is 0.690. The number of anilines is 1. The lowest BCUT2D eigenvalue weighted by Gasteiger charge is -2.28. The summed E-state index contributed by atoms with van der Waals surface area (Å²) in [5, 5.41) is 17.1. The summed E-state index contributed by atoms with van der Waals surface area (Å²) in [4.78, 5) is 13.7. The average molecular weight is 566 g/mol. The number of nitrogens with one attached hydrogen (secondary N) is 2. The van der Waals surface area contributed by atoms with E-state index in [1.165, 1.54) is 6.92 Å². The van der Waals surface area contributed by atoms with Crippen molar-refractivity contribution in [3.05, 3.63) is 30.6 Å². The number of halogens is 3. The molecule has 1 saturated carbocycles. The van der Waals surface area contributed by atoms with E-state index in [0.717, 1.165) is 44.3 Å².